The molecular formula is C21H27N3O3. The molecule has 2 aliphatic rings. The number of benzene rings is 1. The first-order valence-electron chi connectivity index (χ1n) is 9.89. The van der Waals surface area contributed by atoms with Crippen LogP contribution in [0.3, 0.4) is 0 Å². The van der Waals surface area contributed by atoms with Crippen molar-refractivity contribution < 1.29 is 14.3 Å². The molecule has 0 spiro atoms. The van der Waals surface area contributed by atoms with E-state index in [1.54, 1.807) is 6.20 Å². The van der Waals surface area contributed by atoms with Gasteiger partial charge in [0.05, 0.1) is 30.2 Å². The number of fused-ring (bicyclic) bond motifs is 1. The van der Waals surface area contributed by atoms with Crippen LogP contribution in [0.1, 0.15) is 52.9 Å². The van der Waals surface area contributed by atoms with Crippen LogP contribution in [0.25, 0.3) is 0 Å². The van der Waals surface area contributed by atoms with E-state index in [1.165, 1.54) is 0 Å². The molecule has 1 N–H and O–H groups in total. The predicted molar refractivity (Wildman–Crippen MR) is 101 cm³/mol. The molecule has 4 rings (SSSR count). The van der Waals surface area contributed by atoms with Gasteiger partial charge in [-0.3, -0.25) is 9.48 Å². The molecule has 0 aliphatic carbocycles. The molecule has 144 valence electrons. The zero-order chi connectivity index (χ0) is 18.5. The van der Waals surface area contributed by atoms with Crippen LogP contribution in [-0.4, -0.2) is 35.0 Å². The van der Waals surface area contributed by atoms with E-state index in [0.29, 0.717) is 18.7 Å². The van der Waals surface area contributed by atoms with E-state index in [0.717, 1.165) is 68.7 Å². The van der Waals surface area contributed by atoms with E-state index in [-0.39, 0.29) is 12.0 Å². The molecule has 0 unspecified atom stereocenters. The molecule has 27 heavy (non-hydrogen) atoms. The average Bonchev–Trinajstić information content (AvgIpc) is 3.16. The van der Waals surface area contributed by atoms with E-state index in [2.05, 4.69) is 22.5 Å². The van der Waals surface area contributed by atoms with Gasteiger partial charge in [-0.1, -0.05) is 24.3 Å². The Morgan fingerprint density at radius 3 is 3.00 bits per heavy atom. The van der Waals surface area contributed by atoms with E-state index in [1.807, 2.05) is 16.8 Å². The molecule has 1 aromatic heterocycles. The zero-order valence-corrected chi connectivity index (χ0v) is 15.7. The molecule has 3 heterocycles. The van der Waals surface area contributed by atoms with Crippen LogP contribution in [0.15, 0.2) is 30.5 Å². The van der Waals surface area contributed by atoms with Crippen molar-refractivity contribution in [3.8, 4) is 0 Å². The molecule has 0 radical (unpaired) electrons. The molecule has 0 saturated carbocycles. The van der Waals surface area contributed by atoms with E-state index in [9.17, 15) is 4.79 Å². The summed E-state index contributed by atoms with van der Waals surface area (Å²) in [5, 5.41) is 7.38. The van der Waals surface area contributed by atoms with Crippen molar-refractivity contribution in [1.29, 1.82) is 0 Å². The first kappa shape index (κ1) is 18.2. The first-order chi connectivity index (χ1) is 13.3. The van der Waals surface area contributed by atoms with Gasteiger partial charge in [0, 0.05) is 26.3 Å². The minimum atomic E-state index is -0.0398. The van der Waals surface area contributed by atoms with Gasteiger partial charge in [-0.2, -0.15) is 5.10 Å². The predicted octanol–water partition coefficient (Wildman–Crippen LogP) is 2.85. The minimum Gasteiger partial charge on any atom is -0.381 e. The summed E-state index contributed by atoms with van der Waals surface area (Å²) >= 11 is 0. The molecule has 6 nitrogen and oxygen atoms in total. The Balaban J connectivity index is 1.31. The molecule has 1 fully saturated rings. The van der Waals surface area contributed by atoms with E-state index >= 15 is 0 Å². The molecule has 0 bridgehead atoms. The topological polar surface area (TPSA) is 65.4 Å². The summed E-state index contributed by atoms with van der Waals surface area (Å²) in [6.07, 6.45) is 7.11. The van der Waals surface area contributed by atoms with Gasteiger partial charge in [0.25, 0.3) is 5.91 Å². The number of carbonyl (C=O) groups excluding carboxylic acids is 1. The van der Waals surface area contributed by atoms with Crippen LogP contribution in [0.2, 0.25) is 0 Å². The highest BCUT2D eigenvalue weighted by atomic mass is 16.5. The fourth-order valence-corrected chi connectivity index (χ4v) is 3.77. The Morgan fingerprint density at radius 1 is 1.26 bits per heavy atom. The average molecular weight is 369 g/mol. The lowest BCUT2D eigenvalue weighted by Crippen LogP contribution is -2.25. The van der Waals surface area contributed by atoms with Crippen molar-refractivity contribution in [3.05, 3.63) is 52.8 Å². The number of aromatic nitrogens is 2. The van der Waals surface area contributed by atoms with Gasteiger partial charge in [-0.25, -0.2) is 0 Å². The molecule has 6 heteroatoms. The maximum absolute atomic E-state index is 12.6. The molecule has 2 aromatic rings. The molecule has 2 aliphatic heterocycles. The lowest BCUT2D eigenvalue weighted by molar-refractivity contribution is -0.0390. The second-order valence-electron chi connectivity index (χ2n) is 7.31. The monoisotopic (exact) mass is 369 g/mol. The molecule has 0 atom stereocenters. The summed E-state index contributed by atoms with van der Waals surface area (Å²) in [6.45, 7) is 3.60. The van der Waals surface area contributed by atoms with Gasteiger partial charge in [-0.15, -0.1) is 0 Å². The van der Waals surface area contributed by atoms with E-state index < -0.39 is 0 Å². The van der Waals surface area contributed by atoms with Crippen LogP contribution in [0.4, 0.5) is 0 Å². The smallest absolute Gasteiger partial charge is 0.255 e. The first-order valence-corrected chi connectivity index (χ1v) is 9.89. The summed E-state index contributed by atoms with van der Waals surface area (Å²) in [5.74, 6) is -0.0398. The largest absolute Gasteiger partial charge is 0.381 e. The number of nitrogens with zero attached hydrogens (tertiary/aromatic N) is 2. The van der Waals surface area contributed by atoms with Crippen molar-refractivity contribution in [2.45, 2.75) is 57.9 Å². The fourth-order valence-electron chi connectivity index (χ4n) is 3.77. The second kappa shape index (κ2) is 8.67. The minimum absolute atomic E-state index is 0.0398. The highest BCUT2D eigenvalue weighted by molar-refractivity contribution is 5.95. The number of rotatable bonds is 6. The SMILES string of the molecule is O=C(NCc1cccc(COC2CCOCC2)c1)c1cnn2c1CCCC2. The molecule has 1 saturated heterocycles. The normalized spacial score (nSPS) is 17.5. The summed E-state index contributed by atoms with van der Waals surface area (Å²) in [6, 6.07) is 8.23. The van der Waals surface area contributed by atoms with Gasteiger partial charge in [0.2, 0.25) is 0 Å². The van der Waals surface area contributed by atoms with Crippen LogP contribution >= 0.6 is 0 Å². The zero-order valence-electron chi connectivity index (χ0n) is 15.7. The molecule has 1 amide bonds. The van der Waals surface area contributed by atoms with E-state index in [4.69, 9.17) is 9.47 Å². The Bertz CT molecular complexity index is 781. The van der Waals surface area contributed by atoms with Crippen LogP contribution in [-0.2, 0) is 35.6 Å². The number of ether oxygens (including phenoxy) is 2. The third-order valence-electron chi connectivity index (χ3n) is 5.33. The lowest BCUT2D eigenvalue weighted by atomic mass is 10.1. The van der Waals surface area contributed by atoms with Gasteiger partial charge >= 0.3 is 0 Å². The van der Waals surface area contributed by atoms with Crippen molar-refractivity contribution >= 4 is 5.91 Å². The van der Waals surface area contributed by atoms with Crippen molar-refractivity contribution in [2.24, 2.45) is 0 Å². The van der Waals surface area contributed by atoms with Gasteiger partial charge in [0.1, 0.15) is 0 Å². The third kappa shape index (κ3) is 4.57. The maximum Gasteiger partial charge on any atom is 0.255 e. The third-order valence-corrected chi connectivity index (χ3v) is 5.33. The quantitative estimate of drug-likeness (QED) is 0.850. The summed E-state index contributed by atoms with van der Waals surface area (Å²) in [4.78, 5) is 12.6. The number of amides is 1. The maximum atomic E-state index is 12.6. The van der Waals surface area contributed by atoms with Crippen LogP contribution in [0, 0.1) is 0 Å². The Morgan fingerprint density at radius 2 is 2.11 bits per heavy atom. The van der Waals surface area contributed by atoms with Gasteiger partial charge < -0.3 is 14.8 Å². The Kier molecular flexibility index (Phi) is 5.84. The number of carbonyl (C=O) groups is 1. The standard InChI is InChI=1S/C21H27N3O3/c25-21(19-14-23-24-9-2-1-6-20(19)24)22-13-16-4-3-5-17(12-16)15-27-18-7-10-26-11-8-18/h3-5,12,14,18H,1-2,6-11,13,15H2,(H,22,25). The number of hydrogen-bond acceptors (Lipinski definition) is 4. The van der Waals surface area contributed by atoms with Gasteiger partial charge in [0.15, 0.2) is 0 Å². The molecular weight excluding hydrogens is 342 g/mol. The number of aryl methyl sites for hydroxylation is 1. The van der Waals surface area contributed by atoms with Crippen molar-refractivity contribution in [2.75, 3.05) is 13.2 Å². The number of nitrogens with one attached hydrogen (secondary N) is 1. The number of hydrogen-bond donors (Lipinski definition) is 1. The summed E-state index contributed by atoms with van der Waals surface area (Å²) in [5.41, 5.74) is 4.00. The van der Waals surface area contributed by atoms with Crippen LogP contribution < -0.4 is 5.32 Å². The van der Waals surface area contributed by atoms with Gasteiger partial charge in [-0.05, 0) is 43.2 Å². The molecule has 1 aromatic carbocycles. The van der Waals surface area contributed by atoms with Crippen molar-refractivity contribution in [3.63, 3.8) is 0 Å². The van der Waals surface area contributed by atoms with Crippen LogP contribution in [0.5, 0.6) is 0 Å². The Labute approximate surface area is 159 Å². The fraction of sp³-hybridized carbons (Fsp3) is 0.524. The summed E-state index contributed by atoms with van der Waals surface area (Å²) in [7, 11) is 0. The van der Waals surface area contributed by atoms with Crippen molar-refractivity contribution in [1.82, 2.24) is 15.1 Å². The summed E-state index contributed by atoms with van der Waals surface area (Å²) < 4.78 is 13.3. The lowest BCUT2D eigenvalue weighted by Gasteiger charge is -2.22. The highest BCUT2D eigenvalue weighted by Gasteiger charge is 2.19. The second-order valence-corrected chi connectivity index (χ2v) is 7.31. The highest BCUT2D eigenvalue weighted by Crippen LogP contribution is 2.18. The Hall–Kier alpha value is -2.18.